The number of halogens is 1. The van der Waals surface area contributed by atoms with Crippen molar-refractivity contribution in [2.75, 3.05) is 7.11 Å². The molecular formula is C15H12ClNO2. The Hall–Kier alpha value is -2.18. The first-order valence-corrected chi connectivity index (χ1v) is 6.06. The third-order valence-electron chi connectivity index (χ3n) is 2.62. The lowest BCUT2D eigenvalue weighted by atomic mass is 10.2. The minimum Gasteiger partial charge on any atom is -0.497 e. The standard InChI is InChI=1S/C15H12ClNO2/c1-18-13-6-7-15(14(16)8-13)19-10-12-4-2-11(9-17)3-5-12/h2-8H,10H2,1H3. The van der Waals surface area contributed by atoms with E-state index in [0.29, 0.717) is 28.7 Å². The number of nitriles is 1. The molecule has 0 saturated heterocycles. The van der Waals surface area contributed by atoms with Crippen LogP contribution in [-0.2, 0) is 6.61 Å². The molecule has 0 saturated carbocycles. The van der Waals surface area contributed by atoms with Gasteiger partial charge in [0.15, 0.2) is 0 Å². The van der Waals surface area contributed by atoms with Crippen LogP contribution in [0.3, 0.4) is 0 Å². The third-order valence-corrected chi connectivity index (χ3v) is 2.91. The van der Waals surface area contributed by atoms with Crippen LogP contribution in [-0.4, -0.2) is 7.11 Å². The summed E-state index contributed by atoms with van der Waals surface area (Å²) in [7, 11) is 1.59. The number of rotatable bonds is 4. The van der Waals surface area contributed by atoms with Crippen LogP contribution in [0.25, 0.3) is 0 Å². The maximum Gasteiger partial charge on any atom is 0.138 e. The molecule has 3 nitrogen and oxygen atoms in total. The van der Waals surface area contributed by atoms with Gasteiger partial charge in [0.1, 0.15) is 18.1 Å². The molecule has 0 aliphatic heterocycles. The van der Waals surface area contributed by atoms with Crippen molar-refractivity contribution in [3.8, 4) is 17.6 Å². The SMILES string of the molecule is COc1ccc(OCc2ccc(C#N)cc2)c(Cl)c1. The van der Waals surface area contributed by atoms with E-state index in [4.69, 9.17) is 26.3 Å². The van der Waals surface area contributed by atoms with Crippen molar-refractivity contribution in [3.63, 3.8) is 0 Å². The Morgan fingerprint density at radius 3 is 2.47 bits per heavy atom. The van der Waals surface area contributed by atoms with Crippen LogP contribution in [0.2, 0.25) is 5.02 Å². The van der Waals surface area contributed by atoms with E-state index in [2.05, 4.69) is 6.07 Å². The van der Waals surface area contributed by atoms with E-state index in [0.717, 1.165) is 5.56 Å². The van der Waals surface area contributed by atoms with Crippen molar-refractivity contribution in [1.29, 1.82) is 5.26 Å². The molecule has 0 N–H and O–H groups in total. The molecule has 0 heterocycles. The lowest BCUT2D eigenvalue weighted by Gasteiger charge is -2.09. The summed E-state index contributed by atoms with van der Waals surface area (Å²) in [6.07, 6.45) is 0. The Kier molecular flexibility index (Phi) is 4.27. The lowest BCUT2D eigenvalue weighted by Crippen LogP contribution is -1.96. The molecule has 0 atom stereocenters. The smallest absolute Gasteiger partial charge is 0.138 e. The Morgan fingerprint density at radius 2 is 1.89 bits per heavy atom. The topological polar surface area (TPSA) is 42.2 Å². The first kappa shape index (κ1) is 13.3. The minimum atomic E-state index is 0.401. The molecule has 19 heavy (non-hydrogen) atoms. The Balaban J connectivity index is 2.04. The molecule has 4 heteroatoms. The Bertz CT molecular complexity index is 603. The molecule has 2 aromatic rings. The number of nitrogens with zero attached hydrogens (tertiary/aromatic N) is 1. The summed E-state index contributed by atoms with van der Waals surface area (Å²) in [4.78, 5) is 0. The van der Waals surface area contributed by atoms with E-state index in [1.165, 1.54) is 0 Å². The summed E-state index contributed by atoms with van der Waals surface area (Å²) in [6, 6.07) is 14.6. The monoisotopic (exact) mass is 273 g/mol. The minimum absolute atomic E-state index is 0.401. The predicted molar refractivity (Wildman–Crippen MR) is 73.5 cm³/mol. The zero-order valence-electron chi connectivity index (χ0n) is 10.4. The molecule has 0 aliphatic rings. The van der Waals surface area contributed by atoms with Gasteiger partial charge in [0.2, 0.25) is 0 Å². The largest absolute Gasteiger partial charge is 0.497 e. The van der Waals surface area contributed by atoms with Gasteiger partial charge in [-0.05, 0) is 29.8 Å². The fourth-order valence-electron chi connectivity index (χ4n) is 1.56. The zero-order valence-corrected chi connectivity index (χ0v) is 11.1. The molecule has 2 rings (SSSR count). The number of hydrogen-bond acceptors (Lipinski definition) is 3. The first-order valence-electron chi connectivity index (χ1n) is 5.68. The summed E-state index contributed by atoms with van der Waals surface area (Å²) in [6.45, 7) is 0.401. The molecule has 0 spiro atoms. The fraction of sp³-hybridized carbons (Fsp3) is 0.133. The normalized spacial score (nSPS) is 9.74. The number of hydrogen-bond donors (Lipinski definition) is 0. The Labute approximate surface area is 117 Å². The van der Waals surface area contributed by atoms with Gasteiger partial charge in [-0.1, -0.05) is 23.7 Å². The highest BCUT2D eigenvalue weighted by Crippen LogP contribution is 2.29. The fourth-order valence-corrected chi connectivity index (χ4v) is 1.79. The number of ether oxygens (including phenoxy) is 2. The highest BCUT2D eigenvalue weighted by atomic mass is 35.5. The van der Waals surface area contributed by atoms with Crippen molar-refractivity contribution in [1.82, 2.24) is 0 Å². The molecule has 0 aromatic heterocycles. The highest BCUT2D eigenvalue weighted by molar-refractivity contribution is 6.32. The molecule has 0 bridgehead atoms. The van der Waals surface area contributed by atoms with Crippen molar-refractivity contribution in [2.45, 2.75) is 6.61 Å². The van der Waals surface area contributed by atoms with Crippen LogP contribution in [0.4, 0.5) is 0 Å². The summed E-state index contributed by atoms with van der Waals surface area (Å²) >= 11 is 6.07. The molecule has 0 fully saturated rings. The average Bonchev–Trinajstić information content (AvgIpc) is 2.46. The van der Waals surface area contributed by atoms with Crippen molar-refractivity contribution >= 4 is 11.6 Å². The molecule has 2 aromatic carbocycles. The highest BCUT2D eigenvalue weighted by Gasteiger charge is 2.04. The van der Waals surface area contributed by atoms with Gasteiger partial charge < -0.3 is 9.47 Å². The van der Waals surface area contributed by atoms with Crippen LogP contribution >= 0.6 is 11.6 Å². The van der Waals surface area contributed by atoms with Crippen molar-refractivity contribution < 1.29 is 9.47 Å². The van der Waals surface area contributed by atoms with E-state index in [1.54, 1.807) is 37.4 Å². The van der Waals surface area contributed by atoms with Crippen LogP contribution in [0.5, 0.6) is 11.5 Å². The van der Waals surface area contributed by atoms with Gasteiger partial charge in [-0.3, -0.25) is 0 Å². The van der Waals surface area contributed by atoms with Gasteiger partial charge in [-0.15, -0.1) is 0 Å². The molecule has 96 valence electrons. The molecule has 0 aliphatic carbocycles. The Morgan fingerprint density at radius 1 is 1.16 bits per heavy atom. The zero-order chi connectivity index (χ0) is 13.7. The van der Waals surface area contributed by atoms with Crippen LogP contribution < -0.4 is 9.47 Å². The summed E-state index contributed by atoms with van der Waals surface area (Å²) < 4.78 is 10.7. The quantitative estimate of drug-likeness (QED) is 0.851. The molecule has 0 unspecified atom stereocenters. The van der Waals surface area contributed by atoms with Gasteiger partial charge in [0.25, 0.3) is 0 Å². The van der Waals surface area contributed by atoms with Crippen LogP contribution in [0, 0.1) is 11.3 Å². The number of methoxy groups -OCH3 is 1. The first-order chi connectivity index (χ1) is 9.22. The average molecular weight is 274 g/mol. The van der Waals surface area contributed by atoms with Crippen LogP contribution in [0.1, 0.15) is 11.1 Å². The second kappa shape index (κ2) is 6.12. The third kappa shape index (κ3) is 3.40. The van der Waals surface area contributed by atoms with Gasteiger partial charge in [-0.25, -0.2) is 0 Å². The maximum atomic E-state index is 8.71. The molecule has 0 radical (unpaired) electrons. The van der Waals surface area contributed by atoms with E-state index in [-0.39, 0.29) is 0 Å². The molecule has 0 amide bonds. The molecular weight excluding hydrogens is 262 g/mol. The maximum absolute atomic E-state index is 8.71. The van der Waals surface area contributed by atoms with Gasteiger partial charge in [0.05, 0.1) is 23.8 Å². The lowest BCUT2D eigenvalue weighted by molar-refractivity contribution is 0.305. The second-order valence-corrected chi connectivity index (χ2v) is 4.30. The van der Waals surface area contributed by atoms with Gasteiger partial charge in [-0.2, -0.15) is 5.26 Å². The van der Waals surface area contributed by atoms with E-state index < -0.39 is 0 Å². The summed E-state index contributed by atoms with van der Waals surface area (Å²) in [5, 5.41) is 9.22. The van der Waals surface area contributed by atoms with E-state index in [1.807, 2.05) is 12.1 Å². The summed E-state index contributed by atoms with van der Waals surface area (Å²) in [5.74, 6) is 1.29. The van der Waals surface area contributed by atoms with Crippen molar-refractivity contribution in [2.24, 2.45) is 0 Å². The predicted octanol–water partition coefficient (Wildman–Crippen LogP) is 3.80. The van der Waals surface area contributed by atoms with E-state index in [9.17, 15) is 0 Å². The summed E-state index contributed by atoms with van der Waals surface area (Å²) in [5.41, 5.74) is 1.61. The van der Waals surface area contributed by atoms with E-state index >= 15 is 0 Å². The van der Waals surface area contributed by atoms with Gasteiger partial charge >= 0.3 is 0 Å². The second-order valence-electron chi connectivity index (χ2n) is 3.89. The number of benzene rings is 2. The van der Waals surface area contributed by atoms with Gasteiger partial charge in [0, 0.05) is 6.07 Å². The van der Waals surface area contributed by atoms with Crippen molar-refractivity contribution in [3.05, 3.63) is 58.6 Å². The van der Waals surface area contributed by atoms with Crippen LogP contribution in [0.15, 0.2) is 42.5 Å².